The van der Waals surface area contributed by atoms with E-state index in [1.807, 2.05) is 79.9 Å². The molecule has 0 saturated carbocycles. The Kier molecular flexibility index (Phi) is 6.71. The summed E-state index contributed by atoms with van der Waals surface area (Å²) in [7, 11) is 0. The molecule has 0 aliphatic carbocycles. The number of hydrogen-bond acceptors (Lipinski definition) is 5. The maximum Gasteiger partial charge on any atom is 0.341 e. The summed E-state index contributed by atoms with van der Waals surface area (Å²) in [5.74, 6) is 0.165. The lowest BCUT2D eigenvalue weighted by molar-refractivity contribution is -0.116. The number of anilines is 1. The van der Waals surface area contributed by atoms with Crippen LogP contribution in [0.1, 0.15) is 36.2 Å². The number of aryl methyl sites for hydroxylation is 1. The van der Waals surface area contributed by atoms with Gasteiger partial charge in [-0.1, -0.05) is 62.4 Å². The van der Waals surface area contributed by atoms with E-state index in [1.165, 1.54) is 11.3 Å². The Bertz CT molecular complexity index is 1190. The van der Waals surface area contributed by atoms with Crippen LogP contribution < -0.4 is 5.32 Å². The van der Waals surface area contributed by atoms with Gasteiger partial charge in [-0.15, -0.1) is 11.3 Å². The van der Waals surface area contributed by atoms with Crippen molar-refractivity contribution in [2.45, 2.75) is 26.7 Å². The molecular weight excluding hydrogens is 422 g/mol. The molecule has 0 aliphatic heterocycles. The zero-order valence-corrected chi connectivity index (χ0v) is 18.9. The number of fused-ring (bicyclic) bond motifs is 1. The van der Waals surface area contributed by atoms with Crippen molar-refractivity contribution in [2.24, 2.45) is 5.92 Å². The van der Waals surface area contributed by atoms with Gasteiger partial charge in [-0.3, -0.25) is 4.79 Å². The molecule has 0 radical (unpaired) electrons. The molecule has 0 unspecified atom stereocenters. The summed E-state index contributed by atoms with van der Waals surface area (Å²) in [5.41, 5.74) is 2.79. The monoisotopic (exact) mass is 447 g/mol. The number of rotatable bonds is 8. The number of carbonyl (C=O) groups excluding carboxylic acids is 2. The van der Waals surface area contributed by atoms with Crippen molar-refractivity contribution in [3.63, 3.8) is 0 Å². The molecule has 0 fully saturated rings. The standard InChI is InChI=1S/C26H25NO4S/c1-17(2)15-30-26(29)24-20(22-14-19-10-6-7-11-21(19)31-22)16-32-25(24)27-23(28)13-12-18-8-4-3-5-9-18/h3-11,14,16-17H,12-13,15H2,1-2H3,(H,27,28). The predicted octanol–water partition coefficient (Wildman–Crippen LogP) is 6.55. The number of ether oxygens (including phenoxy) is 1. The highest BCUT2D eigenvalue weighted by Gasteiger charge is 2.25. The fourth-order valence-corrected chi connectivity index (χ4v) is 4.31. The van der Waals surface area contributed by atoms with Crippen molar-refractivity contribution in [1.82, 2.24) is 0 Å². The minimum Gasteiger partial charge on any atom is -0.462 e. The van der Waals surface area contributed by atoms with Gasteiger partial charge in [0.15, 0.2) is 0 Å². The normalized spacial score (nSPS) is 11.1. The molecule has 1 N–H and O–H groups in total. The molecule has 1 amide bonds. The number of carbonyl (C=O) groups is 2. The van der Waals surface area contributed by atoms with E-state index < -0.39 is 5.97 Å². The van der Waals surface area contributed by atoms with Crippen LogP contribution in [0.25, 0.3) is 22.3 Å². The first-order valence-corrected chi connectivity index (χ1v) is 11.5. The van der Waals surface area contributed by atoms with Gasteiger partial charge in [0.05, 0.1) is 6.61 Å². The molecule has 0 saturated heterocycles. The number of nitrogens with one attached hydrogen (secondary N) is 1. The third-order valence-electron chi connectivity index (χ3n) is 4.97. The molecule has 2 aromatic heterocycles. The van der Waals surface area contributed by atoms with Crippen molar-refractivity contribution >= 4 is 39.2 Å². The highest BCUT2D eigenvalue weighted by molar-refractivity contribution is 7.15. The van der Waals surface area contributed by atoms with E-state index in [0.717, 1.165) is 16.5 Å². The third kappa shape index (κ3) is 5.08. The zero-order chi connectivity index (χ0) is 22.5. The molecule has 2 heterocycles. The second kappa shape index (κ2) is 9.83. The number of thiophene rings is 1. The van der Waals surface area contributed by atoms with Gasteiger partial charge in [0.25, 0.3) is 0 Å². The minimum atomic E-state index is -0.464. The lowest BCUT2D eigenvalue weighted by Gasteiger charge is -2.10. The molecule has 2 aromatic carbocycles. The molecule has 0 atom stereocenters. The molecular formula is C26H25NO4S. The Labute approximate surface area is 191 Å². The summed E-state index contributed by atoms with van der Waals surface area (Å²) in [4.78, 5) is 25.6. The number of esters is 1. The molecule has 5 nitrogen and oxygen atoms in total. The van der Waals surface area contributed by atoms with E-state index >= 15 is 0 Å². The van der Waals surface area contributed by atoms with Crippen molar-refractivity contribution in [2.75, 3.05) is 11.9 Å². The van der Waals surface area contributed by atoms with Crippen LogP contribution in [0.4, 0.5) is 5.00 Å². The highest BCUT2D eigenvalue weighted by atomic mass is 32.1. The van der Waals surface area contributed by atoms with Gasteiger partial charge >= 0.3 is 5.97 Å². The predicted molar refractivity (Wildman–Crippen MR) is 128 cm³/mol. The molecule has 164 valence electrons. The van der Waals surface area contributed by atoms with Crippen LogP contribution in [0.3, 0.4) is 0 Å². The largest absolute Gasteiger partial charge is 0.462 e. The highest BCUT2D eigenvalue weighted by Crippen LogP contribution is 2.38. The Morgan fingerprint density at radius 1 is 1.06 bits per heavy atom. The maximum absolute atomic E-state index is 13.0. The van der Waals surface area contributed by atoms with Crippen molar-refractivity contribution in [1.29, 1.82) is 0 Å². The number of hydrogen-bond donors (Lipinski definition) is 1. The number of furan rings is 1. The number of para-hydroxylation sites is 1. The van der Waals surface area contributed by atoms with Crippen LogP contribution in [0, 0.1) is 5.92 Å². The summed E-state index contributed by atoms with van der Waals surface area (Å²) in [5, 5.41) is 6.17. The van der Waals surface area contributed by atoms with E-state index in [4.69, 9.17) is 9.15 Å². The first kappa shape index (κ1) is 21.8. The lowest BCUT2D eigenvalue weighted by Crippen LogP contribution is -2.16. The van der Waals surface area contributed by atoms with Crippen molar-refractivity contribution in [3.05, 3.63) is 77.2 Å². The van der Waals surface area contributed by atoms with Gasteiger partial charge in [0.1, 0.15) is 21.9 Å². The lowest BCUT2D eigenvalue weighted by atomic mass is 10.1. The van der Waals surface area contributed by atoms with Gasteiger partial charge in [-0.05, 0) is 30.0 Å². The van der Waals surface area contributed by atoms with E-state index in [1.54, 1.807) is 0 Å². The quantitative estimate of drug-likeness (QED) is 0.311. The van der Waals surface area contributed by atoms with Crippen LogP contribution in [0.5, 0.6) is 0 Å². The van der Waals surface area contributed by atoms with Crippen LogP contribution in [0.15, 0.2) is 70.5 Å². The fraction of sp³-hybridized carbons (Fsp3) is 0.231. The van der Waals surface area contributed by atoms with Crippen LogP contribution in [0.2, 0.25) is 0 Å². The van der Waals surface area contributed by atoms with Crippen LogP contribution >= 0.6 is 11.3 Å². The van der Waals surface area contributed by atoms with Gasteiger partial charge in [0.2, 0.25) is 5.91 Å². The van der Waals surface area contributed by atoms with E-state index in [0.29, 0.717) is 41.3 Å². The summed E-state index contributed by atoms with van der Waals surface area (Å²) in [6.07, 6.45) is 0.948. The van der Waals surface area contributed by atoms with Crippen molar-refractivity contribution in [3.8, 4) is 11.3 Å². The summed E-state index contributed by atoms with van der Waals surface area (Å²) in [6.45, 7) is 4.26. The molecule has 4 rings (SSSR count). The maximum atomic E-state index is 13.0. The van der Waals surface area contributed by atoms with Crippen LogP contribution in [-0.4, -0.2) is 18.5 Å². The molecule has 4 aromatic rings. The van der Waals surface area contributed by atoms with E-state index in [2.05, 4.69) is 5.32 Å². The second-order valence-electron chi connectivity index (χ2n) is 8.03. The van der Waals surface area contributed by atoms with Gasteiger partial charge in [-0.25, -0.2) is 4.79 Å². The number of benzene rings is 2. The first-order chi connectivity index (χ1) is 15.5. The Hall–Kier alpha value is -3.38. The van der Waals surface area contributed by atoms with Gasteiger partial charge < -0.3 is 14.5 Å². The van der Waals surface area contributed by atoms with Crippen LogP contribution in [-0.2, 0) is 16.0 Å². The Morgan fingerprint density at radius 2 is 1.81 bits per heavy atom. The average molecular weight is 448 g/mol. The second-order valence-corrected chi connectivity index (χ2v) is 8.91. The Morgan fingerprint density at radius 3 is 2.56 bits per heavy atom. The average Bonchev–Trinajstić information content (AvgIpc) is 3.40. The molecule has 6 heteroatoms. The van der Waals surface area contributed by atoms with E-state index in [9.17, 15) is 9.59 Å². The van der Waals surface area contributed by atoms with E-state index in [-0.39, 0.29) is 11.8 Å². The molecule has 0 spiro atoms. The van der Waals surface area contributed by atoms with Gasteiger partial charge in [0, 0.05) is 22.8 Å². The SMILES string of the molecule is CC(C)COC(=O)c1c(-c2cc3ccccc3o2)csc1NC(=O)CCc1ccccc1. The summed E-state index contributed by atoms with van der Waals surface area (Å²) >= 11 is 1.30. The molecule has 0 aliphatic rings. The minimum absolute atomic E-state index is 0.148. The first-order valence-electron chi connectivity index (χ1n) is 10.6. The third-order valence-corrected chi connectivity index (χ3v) is 5.87. The molecule has 0 bridgehead atoms. The summed E-state index contributed by atoms with van der Waals surface area (Å²) in [6, 6.07) is 19.4. The smallest absolute Gasteiger partial charge is 0.341 e. The summed E-state index contributed by atoms with van der Waals surface area (Å²) < 4.78 is 11.5. The van der Waals surface area contributed by atoms with Crippen molar-refractivity contribution < 1.29 is 18.7 Å². The topological polar surface area (TPSA) is 68.5 Å². The van der Waals surface area contributed by atoms with Gasteiger partial charge in [-0.2, -0.15) is 0 Å². The zero-order valence-electron chi connectivity index (χ0n) is 18.1. The number of amides is 1. The molecule has 32 heavy (non-hydrogen) atoms. The fourth-order valence-electron chi connectivity index (χ4n) is 3.35. The Balaban J connectivity index is 1.59.